The molecule has 0 spiro atoms. The third-order valence-corrected chi connectivity index (χ3v) is 6.28. The van der Waals surface area contributed by atoms with E-state index in [9.17, 15) is 0 Å². The number of methoxy groups -OCH3 is 1. The average Bonchev–Trinajstić information content (AvgIpc) is 2.94. The van der Waals surface area contributed by atoms with Crippen LogP contribution in [0.3, 0.4) is 0 Å². The summed E-state index contributed by atoms with van der Waals surface area (Å²) in [7, 11) is 1.73. The number of hydrogen-bond donors (Lipinski definition) is 1. The molecule has 1 unspecified atom stereocenters. The monoisotopic (exact) mass is 287 g/mol. The molecule has 0 aromatic heterocycles. The highest BCUT2D eigenvalue weighted by Gasteiger charge is 2.59. The van der Waals surface area contributed by atoms with Crippen LogP contribution >= 0.6 is 0 Å². The van der Waals surface area contributed by atoms with Crippen LogP contribution in [0.25, 0.3) is 0 Å². The molecule has 2 fully saturated rings. The number of rotatable bonds is 4. The first kappa shape index (κ1) is 14.9. The smallest absolute Gasteiger partial charge is 0.119 e. The van der Waals surface area contributed by atoms with Gasteiger partial charge in [0.2, 0.25) is 0 Å². The summed E-state index contributed by atoms with van der Waals surface area (Å²) in [5.41, 5.74) is 2.19. The minimum atomic E-state index is 0.362. The van der Waals surface area contributed by atoms with Crippen LogP contribution in [-0.2, 0) is 0 Å². The van der Waals surface area contributed by atoms with Crippen molar-refractivity contribution in [1.82, 2.24) is 5.32 Å². The van der Waals surface area contributed by atoms with Gasteiger partial charge < -0.3 is 10.1 Å². The Balaban J connectivity index is 1.79. The lowest BCUT2D eigenvalue weighted by atomic mass is 9.68. The highest BCUT2D eigenvalue weighted by Crippen LogP contribution is 2.62. The third-order valence-electron chi connectivity index (χ3n) is 6.28. The molecule has 21 heavy (non-hydrogen) atoms. The maximum atomic E-state index is 5.36. The lowest BCUT2D eigenvalue weighted by Crippen LogP contribution is -2.50. The van der Waals surface area contributed by atoms with Gasteiger partial charge in [0.25, 0.3) is 0 Å². The van der Waals surface area contributed by atoms with E-state index in [0.717, 1.165) is 11.7 Å². The fourth-order valence-electron chi connectivity index (χ4n) is 4.98. The molecule has 2 aliphatic rings. The Bertz CT molecular complexity index is 519. The molecule has 1 aromatic rings. The molecule has 2 nitrogen and oxygen atoms in total. The van der Waals surface area contributed by atoms with Gasteiger partial charge in [-0.3, -0.25) is 0 Å². The van der Waals surface area contributed by atoms with Gasteiger partial charge >= 0.3 is 0 Å². The van der Waals surface area contributed by atoms with Gasteiger partial charge in [0.15, 0.2) is 0 Å². The van der Waals surface area contributed by atoms with E-state index in [0.29, 0.717) is 22.9 Å². The van der Waals surface area contributed by atoms with Crippen molar-refractivity contribution < 1.29 is 4.74 Å². The molecule has 1 aromatic carbocycles. The van der Waals surface area contributed by atoms with Crippen molar-refractivity contribution in [3.63, 3.8) is 0 Å². The van der Waals surface area contributed by atoms with Gasteiger partial charge in [-0.15, -0.1) is 0 Å². The van der Waals surface area contributed by atoms with Crippen molar-refractivity contribution in [2.45, 2.75) is 59.0 Å². The summed E-state index contributed by atoms with van der Waals surface area (Å²) in [5, 5.41) is 3.95. The van der Waals surface area contributed by atoms with Crippen LogP contribution in [0.1, 0.15) is 58.6 Å². The topological polar surface area (TPSA) is 21.3 Å². The zero-order chi connectivity index (χ0) is 15.3. The molecule has 2 saturated carbocycles. The van der Waals surface area contributed by atoms with Gasteiger partial charge in [-0.25, -0.2) is 0 Å². The van der Waals surface area contributed by atoms with Crippen LogP contribution in [0.15, 0.2) is 24.3 Å². The van der Waals surface area contributed by atoms with E-state index in [2.05, 4.69) is 51.2 Å². The Morgan fingerprint density at radius 3 is 2.67 bits per heavy atom. The van der Waals surface area contributed by atoms with Crippen LogP contribution in [0, 0.1) is 16.7 Å². The molecule has 116 valence electrons. The molecule has 2 aliphatic carbocycles. The molecule has 2 bridgehead atoms. The second-order valence-electron chi connectivity index (χ2n) is 8.01. The Hall–Kier alpha value is -1.02. The quantitative estimate of drug-likeness (QED) is 0.876. The van der Waals surface area contributed by atoms with E-state index >= 15 is 0 Å². The fraction of sp³-hybridized carbons (Fsp3) is 0.684. The van der Waals surface area contributed by atoms with E-state index in [1.807, 2.05) is 6.07 Å². The predicted octanol–water partition coefficient (Wildman–Crippen LogP) is 4.56. The van der Waals surface area contributed by atoms with Gasteiger partial charge in [-0.1, -0.05) is 32.9 Å². The number of hydrogen-bond acceptors (Lipinski definition) is 2. The van der Waals surface area contributed by atoms with Crippen molar-refractivity contribution >= 4 is 0 Å². The minimum Gasteiger partial charge on any atom is -0.497 e. The average molecular weight is 287 g/mol. The SMILES string of the molecule is COc1cccc([C@H](C)NC2C(C)(C)[C@H]3CC[C@]2(C)C3)c1. The number of benzene rings is 1. The molecule has 0 radical (unpaired) electrons. The Labute approximate surface area is 129 Å². The van der Waals surface area contributed by atoms with Crippen LogP contribution < -0.4 is 10.1 Å². The molecule has 0 aliphatic heterocycles. The first-order valence-electron chi connectivity index (χ1n) is 8.27. The Morgan fingerprint density at radius 1 is 1.29 bits per heavy atom. The largest absolute Gasteiger partial charge is 0.497 e. The highest BCUT2D eigenvalue weighted by atomic mass is 16.5. The number of fused-ring (bicyclic) bond motifs is 2. The summed E-state index contributed by atoms with van der Waals surface area (Å²) >= 11 is 0. The van der Waals surface area contributed by atoms with Crippen molar-refractivity contribution in [3.05, 3.63) is 29.8 Å². The second-order valence-corrected chi connectivity index (χ2v) is 8.01. The van der Waals surface area contributed by atoms with E-state index in [-0.39, 0.29) is 0 Å². The molecule has 1 N–H and O–H groups in total. The number of nitrogens with one attached hydrogen (secondary N) is 1. The normalized spacial score (nSPS) is 34.9. The van der Waals surface area contributed by atoms with Crippen LogP contribution in [0.5, 0.6) is 5.75 Å². The molecule has 0 saturated heterocycles. The van der Waals surface area contributed by atoms with E-state index in [1.54, 1.807) is 7.11 Å². The molecular formula is C19H29NO. The van der Waals surface area contributed by atoms with Crippen LogP contribution in [0.2, 0.25) is 0 Å². The summed E-state index contributed by atoms with van der Waals surface area (Å²) in [6, 6.07) is 9.41. The van der Waals surface area contributed by atoms with Gasteiger partial charge in [-0.2, -0.15) is 0 Å². The molecule has 3 rings (SSSR count). The maximum absolute atomic E-state index is 5.36. The summed E-state index contributed by atoms with van der Waals surface area (Å²) in [6.07, 6.45) is 4.18. The van der Waals surface area contributed by atoms with Crippen molar-refractivity contribution in [2.75, 3.05) is 7.11 Å². The van der Waals surface area contributed by atoms with E-state index < -0.39 is 0 Å². The summed E-state index contributed by atoms with van der Waals surface area (Å²) < 4.78 is 5.36. The first-order chi connectivity index (χ1) is 9.87. The minimum absolute atomic E-state index is 0.362. The highest BCUT2D eigenvalue weighted by molar-refractivity contribution is 5.30. The summed E-state index contributed by atoms with van der Waals surface area (Å²) in [6.45, 7) is 9.67. The molecule has 4 atom stereocenters. The van der Waals surface area contributed by atoms with Gasteiger partial charge in [0.05, 0.1) is 7.11 Å². The van der Waals surface area contributed by atoms with Crippen molar-refractivity contribution in [2.24, 2.45) is 16.7 Å². The van der Waals surface area contributed by atoms with Crippen LogP contribution in [-0.4, -0.2) is 13.2 Å². The Kier molecular flexibility index (Phi) is 3.56. The lowest BCUT2D eigenvalue weighted by Gasteiger charge is -2.44. The van der Waals surface area contributed by atoms with Gasteiger partial charge in [0.1, 0.15) is 5.75 Å². The third kappa shape index (κ3) is 2.38. The molecule has 2 heteroatoms. The molecule has 0 heterocycles. The molecular weight excluding hydrogens is 258 g/mol. The predicted molar refractivity (Wildman–Crippen MR) is 87.6 cm³/mol. The number of ether oxygens (including phenoxy) is 1. The second kappa shape index (κ2) is 5.01. The Morgan fingerprint density at radius 2 is 2.05 bits per heavy atom. The summed E-state index contributed by atoms with van der Waals surface area (Å²) in [5.74, 6) is 1.83. The van der Waals surface area contributed by atoms with Crippen molar-refractivity contribution in [3.8, 4) is 5.75 Å². The maximum Gasteiger partial charge on any atom is 0.119 e. The lowest BCUT2D eigenvalue weighted by molar-refractivity contribution is 0.100. The first-order valence-corrected chi connectivity index (χ1v) is 8.27. The summed E-state index contributed by atoms with van der Waals surface area (Å²) in [4.78, 5) is 0. The van der Waals surface area contributed by atoms with Gasteiger partial charge in [0, 0.05) is 12.1 Å². The van der Waals surface area contributed by atoms with E-state index in [1.165, 1.54) is 24.8 Å². The van der Waals surface area contributed by atoms with Gasteiger partial charge in [-0.05, 0) is 60.6 Å². The van der Waals surface area contributed by atoms with Crippen molar-refractivity contribution in [1.29, 1.82) is 0 Å². The zero-order valence-electron chi connectivity index (χ0n) is 14.1. The molecule has 0 amide bonds. The zero-order valence-corrected chi connectivity index (χ0v) is 14.1. The van der Waals surface area contributed by atoms with Crippen LogP contribution in [0.4, 0.5) is 0 Å². The fourth-order valence-corrected chi connectivity index (χ4v) is 4.98. The van der Waals surface area contributed by atoms with E-state index in [4.69, 9.17) is 4.74 Å². The standard InChI is InChI=1S/C19H29NO/c1-13(14-7-6-8-16(11-14)21-5)20-17-18(2,3)15-9-10-19(17,4)12-15/h6-8,11,13,15,17,20H,9-10,12H2,1-5H3/t13-,15-,17?,19+/m0/s1.